The Labute approximate surface area is 151 Å². The van der Waals surface area contributed by atoms with Crippen molar-refractivity contribution in [2.45, 2.75) is 5.60 Å². The number of hydrogen-bond donors (Lipinski definition) is 0. The number of nitrogens with zero attached hydrogens (tertiary/aromatic N) is 3. The largest absolute Gasteiger partial charge is 0.376 e. The van der Waals surface area contributed by atoms with E-state index in [2.05, 4.69) is 9.88 Å². The Balaban J connectivity index is 1.53. The van der Waals surface area contributed by atoms with Gasteiger partial charge >= 0.3 is 0 Å². The Morgan fingerprint density at radius 2 is 2.20 bits per heavy atom. The number of aromatic nitrogens is 1. The number of carbonyl (C=O) groups is 1. The minimum atomic E-state index is -0.504. The summed E-state index contributed by atoms with van der Waals surface area (Å²) in [6.07, 6.45) is 3.63. The quantitative estimate of drug-likeness (QED) is 0.820. The molecule has 132 valence electrons. The van der Waals surface area contributed by atoms with E-state index in [1.807, 2.05) is 40.1 Å². The summed E-state index contributed by atoms with van der Waals surface area (Å²) in [5.74, 6) is 0.0705. The molecule has 0 radical (unpaired) electrons. The molecule has 25 heavy (non-hydrogen) atoms. The van der Waals surface area contributed by atoms with Crippen molar-refractivity contribution in [1.29, 1.82) is 0 Å². The zero-order valence-electron chi connectivity index (χ0n) is 14.0. The highest BCUT2D eigenvalue weighted by molar-refractivity contribution is 7.08. The zero-order chi connectivity index (χ0) is 17.1. The molecule has 6 nitrogen and oxygen atoms in total. The molecule has 2 saturated heterocycles. The van der Waals surface area contributed by atoms with E-state index in [1.54, 1.807) is 17.5 Å². The SMILES string of the molecule is O=C(c1ccsc1)N1CCO[C@@]2(COCCN(c3cccnc3)C2)C1. The minimum Gasteiger partial charge on any atom is -0.376 e. The molecule has 0 unspecified atom stereocenters. The summed E-state index contributed by atoms with van der Waals surface area (Å²) >= 11 is 1.54. The van der Waals surface area contributed by atoms with Crippen LogP contribution in [0.4, 0.5) is 5.69 Å². The Bertz CT molecular complexity index is 710. The molecular formula is C18H21N3O3S. The van der Waals surface area contributed by atoms with Gasteiger partial charge in [-0.1, -0.05) is 0 Å². The lowest BCUT2D eigenvalue weighted by molar-refractivity contribution is -0.124. The van der Waals surface area contributed by atoms with Crippen molar-refractivity contribution < 1.29 is 14.3 Å². The van der Waals surface area contributed by atoms with Crippen molar-refractivity contribution >= 4 is 22.9 Å². The van der Waals surface area contributed by atoms with Gasteiger partial charge in [0.1, 0.15) is 5.60 Å². The Hall–Kier alpha value is -1.96. The summed E-state index contributed by atoms with van der Waals surface area (Å²) in [6.45, 7) is 4.29. The van der Waals surface area contributed by atoms with Crippen LogP contribution >= 0.6 is 11.3 Å². The third-order valence-electron chi connectivity index (χ3n) is 4.66. The zero-order valence-corrected chi connectivity index (χ0v) is 14.8. The van der Waals surface area contributed by atoms with Gasteiger partial charge in [-0.15, -0.1) is 0 Å². The van der Waals surface area contributed by atoms with Crippen molar-refractivity contribution in [1.82, 2.24) is 9.88 Å². The summed E-state index contributed by atoms with van der Waals surface area (Å²) in [7, 11) is 0. The highest BCUT2D eigenvalue weighted by Gasteiger charge is 2.42. The molecule has 0 N–H and O–H groups in total. The highest BCUT2D eigenvalue weighted by Crippen LogP contribution is 2.26. The monoisotopic (exact) mass is 359 g/mol. The molecule has 2 aliphatic heterocycles. The van der Waals surface area contributed by atoms with Gasteiger partial charge in [-0.3, -0.25) is 9.78 Å². The first kappa shape index (κ1) is 16.5. The Morgan fingerprint density at radius 1 is 1.24 bits per heavy atom. The van der Waals surface area contributed by atoms with Gasteiger partial charge in [0.2, 0.25) is 0 Å². The van der Waals surface area contributed by atoms with Crippen LogP contribution in [0.1, 0.15) is 10.4 Å². The maximum atomic E-state index is 12.7. The van der Waals surface area contributed by atoms with E-state index in [1.165, 1.54) is 0 Å². The number of rotatable bonds is 2. The summed E-state index contributed by atoms with van der Waals surface area (Å²) in [5.41, 5.74) is 1.30. The maximum absolute atomic E-state index is 12.7. The molecule has 4 heterocycles. The summed E-state index contributed by atoms with van der Waals surface area (Å²) in [5, 5.41) is 3.83. The van der Waals surface area contributed by atoms with Crippen LogP contribution in [0.25, 0.3) is 0 Å². The minimum absolute atomic E-state index is 0.0705. The number of ether oxygens (including phenoxy) is 2. The predicted octanol–water partition coefficient (Wildman–Crippen LogP) is 1.89. The second-order valence-corrected chi connectivity index (χ2v) is 7.24. The van der Waals surface area contributed by atoms with E-state index < -0.39 is 5.60 Å². The van der Waals surface area contributed by atoms with Crippen LogP contribution in [-0.4, -0.2) is 67.4 Å². The van der Waals surface area contributed by atoms with Crippen LogP contribution in [-0.2, 0) is 9.47 Å². The predicted molar refractivity (Wildman–Crippen MR) is 96.2 cm³/mol. The Morgan fingerprint density at radius 3 is 3.00 bits per heavy atom. The Kier molecular flexibility index (Phi) is 4.70. The first-order valence-electron chi connectivity index (χ1n) is 8.44. The van der Waals surface area contributed by atoms with Gasteiger partial charge in [0, 0.05) is 24.7 Å². The van der Waals surface area contributed by atoms with Gasteiger partial charge < -0.3 is 19.3 Å². The van der Waals surface area contributed by atoms with Crippen molar-refractivity contribution in [3.8, 4) is 0 Å². The number of amides is 1. The molecule has 4 rings (SSSR count). The molecule has 2 aromatic heterocycles. The van der Waals surface area contributed by atoms with E-state index in [0.29, 0.717) is 39.5 Å². The molecule has 1 spiro atoms. The fourth-order valence-corrected chi connectivity index (χ4v) is 4.07. The van der Waals surface area contributed by atoms with Crippen molar-refractivity contribution in [3.63, 3.8) is 0 Å². The summed E-state index contributed by atoms with van der Waals surface area (Å²) < 4.78 is 12.0. The number of morpholine rings is 1. The first-order chi connectivity index (χ1) is 12.3. The molecule has 2 aromatic rings. The fourth-order valence-electron chi connectivity index (χ4n) is 3.44. The van der Waals surface area contributed by atoms with E-state index >= 15 is 0 Å². The molecule has 2 fully saturated rings. The second kappa shape index (κ2) is 7.11. The average molecular weight is 359 g/mol. The van der Waals surface area contributed by atoms with Crippen LogP contribution in [0, 0.1) is 0 Å². The van der Waals surface area contributed by atoms with Crippen LogP contribution in [0.2, 0.25) is 0 Å². The highest BCUT2D eigenvalue weighted by atomic mass is 32.1. The van der Waals surface area contributed by atoms with Crippen LogP contribution in [0.15, 0.2) is 41.4 Å². The fraction of sp³-hybridized carbons (Fsp3) is 0.444. The molecule has 0 aliphatic carbocycles. The molecule has 7 heteroatoms. The molecular weight excluding hydrogens is 338 g/mol. The van der Waals surface area contributed by atoms with Gasteiger partial charge in [0.25, 0.3) is 5.91 Å². The van der Waals surface area contributed by atoms with E-state index in [-0.39, 0.29) is 5.91 Å². The van der Waals surface area contributed by atoms with E-state index in [9.17, 15) is 4.79 Å². The van der Waals surface area contributed by atoms with E-state index in [0.717, 1.165) is 17.8 Å². The standard InChI is InChI=1S/C18H21N3O3S/c22-17(15-3-9-25-11-15)21-6-8-24-18(13-21)12-20(5-7-23-14-18)16-2-1-4-19-10-16/h1-4,9-11H,5-8,12-14H2/t18-/m1/s1. The maximum Gasteiger partial charge on any atom is 0.254 e. The first-order valence-corrected chi connectivity index (χ1v) is 9.38. The number of thiophene rings is 1. The topological polar surface area (TPSA) is 54.9 Å². The van der Waals surface area contributed by atoms with Gasteiger partial charge in [0.15, 0.2) is 0 Å². The van der Waals surface area contributed by atoms with E-state index in [4.69, 9.17) is 9.47 Å². The molecule has 1 atom stereocenters. The summed E-state index contributed by atoms with van der Waals surface area (Å²) in [6, 6.07) is 5.85. The van der Waals surface area contributed by atoms with Crippen molar-refractivity contribution in [3.05, 3.63) is 46.9 Å². The van der Waals surface area contributed by atoms with Gasteiger partial charge in [0.05, 0.1) is 50.4 Å². The lowest BCUT2D eigenvalue weighted by Gasteiger charge is -2.43. The van der Waals surface area contributed by atoms with Gasteiger partial charge in [-0.05, 0) is 23.6 Å². The smallest absolute Gasteiger partial charge is 0.254 e. The van der Waals surface area contributed by atoms with Crippen LogP contribution in [0.5, 0.6) is 0 Å². The van der Waals surface area contributed by atoms with Gasteiger partial charge in [-0.2, -0.15) is 11.3 Å². The molecule has 0 bridgehead atoms. The number of anilines is 1. The lowest BCUT2D eigenvalue weighted by atomic mass is 10.0. The van der Waals surface area contributed by atoms with Gasteiger partial charge in [-0.25, -0.2) is 0 Å². The molecule has 0 saturated carbocycles. The second-order valence-electron chi connectivity index (χ2n) is 6.46. The van der Waals surface area contributed by atoms with Crippen molar-refractivity contribution in [2.24, 2.45) is 0 Å². The van der Waals surface area contributed by atoms with Crippen molar-refractivity contribution in [2.75, 3.05) is 50.9 Å². The normalized spacial score (nSPS) is 24.3. The molecule has 1 amide bonds. The molecule has 2 aliphatic rings. The van der Waals surface area contributed by atoms with Crippen LogP contribution in [0.3, 0.4) is 0 Å². The molecule has 0 aromatic carbocycles. The number of carbonyl (C=O) groups excluding carboxylic acids is 1. The summed E-state index contributed by atoms with van der Waals surface area (Å²) in [4.78, 5) is 21.1. The number of hydrogen-bond acceptors (Lipinski definition) is 6. The van der Waals surface area contributed by atoms with Crippen LogP contribution < -0.4 is 4.90 Å². The average Bonchev–Trinajstić information content (AvgIpc) is 3.12. The lowest BCUT2D eigenvalue weighted by Crippen LogP contribution is -2.60. The number of pyridine rings is 1. The third kappa shape index (κ3) is 3.53. The third-order valence-corrected chi connectivity index (χ3v) is 5.35.